The van der Waals surface area contributed by atoms with Crippen LogP contribution in [-0.2, 0) is 17.8 Å². The molecule has 4 rings (SSSR count). The molecule has 1 fully saturated rings. The Morgan fingerprint density at radius 3 is 2.96 bits per heavy atom. The minimum absolute atomic E-state index is 0.216. The summed E-state index contributed by atoms with van der Waals surface area (Å²) in [5, 5.41) is 4.03. The quantitative estimate of drug-likeness (QED) is 0.658. The van der Waals surface area contributed by atoms with Crippen molar-refractivity contribution in [2.24, 2.45) is 5.92 Å². The number of aryl methyl sites for hydroxylation is 3. The smallest absolute Gasteiger partial charge is 0.224 e. The van der Waals surface area contributed by atoms with Crippen LogP contribution in [0.2, 0.25) is 0 Å². The van der Waals surface area contributed by atoms with E-state index in [-0.39, 0.29) is 5.91 Å². The SMILES string of the molecule is Cc1noc(C)c1-c1cccc(CC2CCN(C(=O)CCn3ccnc3)C2)n1. The first kappa shape index (κ1) is 18.4. The van der Waals surface area contributed by atoms with Crippen molar-refractivity contribution in [1.29, 1.82) is 0 Å². The molecule has 1 atom stereocenters. The number of aromatic nitrogens is 4. The molecule has 3 aromatic heterocycles. The first-order valence-electron chi connectivity index (χ1n) is 9.73. The van der Waals surface area contributed by atoms with Crippen molar-refractivity contribution in [1.82, 2.24) is 24.6 Å². The first-order valence-corrected chi connectivity index (χ1v) is 9.73. The molecular formula is C21H25N5O2. The van der Waals surface area contributed by atoms with Crippen LogP contribution in [-0.4, -0.2) is 43.6 Å². The van der Waals surface area contributed by atoms with Crippen molar-refractivity contribution in [3.63, 3.8) is 0 Å². The lowest BCUT2D eigenvalue weighted by molar-refractivity contribution is -0.130. The minimum atomic E-state index is 0.216. The molecule has 28 heavy (non-hydrogen) atoms. The predicted molar refractivity (Wildman–Crippen MR) is 104 cm³/mol. The molecule has 7 heteroatoms. The number of likely N-dealkylation sites (tertiary alicyclic amines) is 1. The highest BCUT2D eigenvalue weighted by Crippen LogP contribution is 2.26. The van der Waals surface area contributed by atoms with Crippen molar-refractivity contribution in [3.8, 4) is 11.3 Å². The summed E-state index contributed by atoms with van der Waals surface area (Å²) >= 11 is 0. The van der Waals surface area contributed by atoms with Crippen LogP contribution in [0.25, 0.3) is 11.3 Å². The maximum Gasteiger partial charge on any atom is 0.224 e. The van der Waals surface area contributed by atoms with Gasteiger partial charge in [-0.2, -0.15) is 0 Å². The number of nitrogens with zero attached hydrogens (tertiary/aromatic N) is 5. The highest BCUT2D eigenvalue weighted by molar-refractivity contribution is 5.76. The zero-order valence-corrected chi connectivity index (χ0v) is 16.3. The summed E-state index contributed by atoms with van der Waals surface area (Å²) in [6.45, 7) is 6.16. The summed E-state index contributed by atoms with van der Waals surface area (Å²) in [6.07, 6.45) is 7.79. The molecule has 0 spiro atoms. The van der Waals surface area contributed by atoms with Gasteiger partial charge in [-0.25, -0.2) is 4.98 Å². The van der Waals surface area contributed by atoms with Crippen molar-refractivity contribution < 1.29 is 9.32 Å². The van der Waals surface area contributed by atoms with Gasteiger partial charge in [0, 0.05) is 44.1 Å². The van der Waals surface area contributed by atoms with Gasteiger partial charge >= 0.3 is 0 Å². The van der Waals surface area contributed by atoms with Gasteiger partial charge in [0.15, 0.2) is 0 Å². The minimum Gasteiger partial charge on any atom is -0.361 e. The molecule has 1 amide bonds. The van der Waals surface area contributed by atoms with E-state index < -0.39 is 0 Å². The molecule has 3 aromatic rings. The second-order valence-corrected chi connectivity index (χ2v) is 7.46. The molecule has 0 aromatic carbocycles. The molecule has 0 radical (unpaired) electrons. The number of hydrogen-bond acceptors (Lipinski definition) is 5. The van der Waals surface area contributed by atoms with Crippen LogP contribution in [0.15, 0.2) is 41.4 Å². The summed E-state index contributed by atoms with van der Waals surface area (Å²) in [5.41, 5.74) is 3.79. The molecule has 4 heterocycles. The summed E-state index contributed by atoms with van der Waals surface area (Å²) in [7, 11) is 0. The van der Waals surface area contributed by atoms with Crippen LogP contribution >= 0.6 is 0 Å². The van der Waals surface area contributed by atoms with Crippen LogP contribution in [0.5, 0.6) is 0 Å². The van der Waals surface area contributed by atoms with Crippen molar-refractivity contribution in [2.45, 2.75) is 39.7 Å². The van der Waals surface area contributed by atoms with Crippen LogP contribution in [0.3, 0.4) is 0 Å². The number of carbonyl (C=O) groups is 1. The number of rotatable bonds is 6. The van der Waals surface area contributed by atoms with E-state index in [1.54, 1.807) is 12.5 Å². The highest BCUT2D eigenvalue weighted by atomic mass is 16.5. The van der Waals surface area contributed by atoms with Crippen molar-refractivity contribution >= 4 is 5.91 Å². The fraction of sp³-hybridized carbons (Fsp3) is 0.429. The Morgan fingerprint density at radius 2 is 2.21 bits per heavy atom. The molecule has 1 aliphatic rings. The van der Waals surface area contributed by atoms with Gasteiger partial charge in [-0.15, -0.1) is 0 Å². The lowest BCUT2D eigenvalue weighted by atomic mass is 10.0. The summed E-state index contributed by atoms with van der Waals surface area (Å²) < 4.78 is 7.21. The topological polar surface area (TPSA) is 77.0 Å². The maximum absolute atomic E-state index is 12.5. The normalized spacial score (nSPS) is 16.6. The maximum atomic E-state index is 12.5. The first-order chi connectivity index (χ1) is 13.6. The monoisotopic (exact) mass is 379 g/mol. The average molecular weight is 379 g/mol. The van der Waals surface area contributed by atoms with Crippen LogP contribution in [0, 0.1) is 19.8 Å². The molecule has 1 saturated heterocycles. The molecule has 1 aliphatic heterocycles. The van der Waals surface area contributed by atoms with Gasteiger partial charge in [-0.3, -0.25) is 9.78 Å². The second kappa shape index (κ2) is 7.96. The third kappa shape index (κ3) is 3.98. The Morgan fingerprint density at radius 1 is 1.32 bits per heavy atom. The van der Waals surface area contributed by atoms with E-state index in [9.17, 15) is 4.79 Å². The van der Waals surface area contributed by atoms with Gasteiger partial charge in [0.25, 0.3) is 0 Å². The van der Waals surface area contributed by atoms with Gasteiger partial charge in [0.1, 0.15) is 5.76 Å². The highest BCUT2D eigenvalue weighted by Gasteiger charge is 2.26. The Hall–Kier alpha value is -2.96. The Balaban J connectivity index is 1.35. The molecule has 0 aliphatic carbocycles. The number of amides is 1. The zero-order valence-electron chi connectivity index (χ0n) is 16.3. The van der Waals surface area contributed by atoms with E-state index in [1.165, 1.54) is 0 Å². The van der Waals surface area contributed by atoms with Gasteiger partial charge in [-0.1, -0.05) is 11.2 Å². The molecule has 1 unspecified atom stereocenters. The average Bonchev–Trinajstić information content (AvgIpc) is 3.42. The van der Waals surface area contributed by atoms with E-state index in [2.05, 4.69) is 16.2 Å². The zero-order chi connectivity index (χ0) is 19.5. The van der Waals surface area contributed by atoms with Gasteiger partial charge < -0.3 is 14.0 Å². The number of hydrogen-bond donors (Lipinski definition) is 0. The summed E-state index contributed by atoms with van der Waals surface area (Å²) in [6, 6.07) is 6.09. The van der Waals surface area contributed by atoms with Crippen molar-refractivity contribution in [3.05, 3.63) is 54.1 Å². The largest absolute Gasteiger partial charge is 0.361 e. The molecule has 0 saturated carbocycles. The number of pyridine rings is 1. The Labute approximate surface area is 164 Å². The third-order valence-electron chi connectivity index (χ3n) is 5.38. The van der Waals surface area contributed by atoms with Gasteiger partial charge in [0.05, 0.1) is 23.3 Å². The number of carbonyl (C=O) groups excluding carboxylic acids is 1. The molecule has 146 valence electrons. The van der Waals surface area contributed by atoms with Crippen LogP contribution < -0.4 is 0 Å². The van der Waals surface area contributed by atoms with E-state index >= 15 is 0 Å². The van der Waals surface area contributed by atoms with Crippen LogP contribution in [0.4, 0.5) is 0 Å². The van der Waals surface area contributed by atoms with E-state index in [1.807, 2.05) is 41.6 Å². The third-order valence-corrected chi connectivity index (χ3v) is 5.38. The van der Waals surface area contributed by atoms with Gasteiger partial charge in [-0.05, 0) is 44.7 Å². The summed E-state index contributed by atoms with van der Waals surface area (Å²) in [4.78, 5) is 23.3. The fourth-order valence-corrected chi connectivity index (χ4v) is 3.90. The fourth-order valence-electron chi connectivity index (χ4n) is 3.90. The second-order valence-electron chi connectivity index (χ2n) is 7.46. The van der Waals surface area contributed by atoms with E-state index in [0.29, 0.717) is 18.9 Å². The Kier molecular flexibility index (Phi) is 5.23. The summed E-state index contributed by atoms with van der Waals surface area (Å²) in [5.74, 6) is 1.45. The molecule has 7 nitrogen and oxygen atoms in total. The molecule has 0 N–H and O–H groups in total. The van der Waals surface area contributed by atoms with Gasteiger partial charge in [0.2, 0.25) is 5.91 Å². The van der Waals surface area contributed by atoms with Crippen LogP contribution in [0.1, 0.15) is 30.0 Å². The van der Waals surface area contributed by atoms with E-state index in [4.69, 9.17) is 9.51 Å². The standard InChI is InChI=1S/C21H25N5O2/c1-15-21(16(2)28-24-15)19-5-3-4-18(23-19)12-17-6-10-26(13-17)20(27)7-9-25-11-8-22-14-25/h3-5,8,11,14,17H,6-7,9-10,12-13H2,1-2H3. The number of imidazole rings is 1. The lowest BCUT2D eigenvalue weighted by Gasteiger charge is -2.17. The molecular weight excluding hydrogens is 354 g/mol. The lowest BCUT2D eigenvalue weighted by Crippen LogP contribution is -2.29. The predicted octanol–water partition coefficient (Wildman–Crippen LogP) is 3.03. The van der Waals surface area contributed by atoms with E-state index in [0.717, 1.165) is 54.3 Å². The molecule has 0 bridgehead atoms. The van der Waals surface area contributed by atoms with Crippen molar-refractivity contribution in [2.75, 3.05) is 13.1 Å². The Bertz CT molecular complexity index is 928.